The van der Waals surface area contributed by atoms with Gasteiger partial charge < -0.3 is 18.9 Å². The van der Waals surface area contributed by atoms with Gasteiger partial charge in [0, 0.05) is 40.9 Å². The van der Waals surface area contributed by atoms with Gasteiger partial charge in [-0.3, -0.25) is 4.79 Å². The van der Waals surface area contributed by atoms with Gasteiger partial charge in [0.15, 0.2) is 22.9 Å². The predicted octanol–water partition coefficient (Wildman–Crippen LogP) is 5.73. The highest BCUT2D eigenvalue weighted by Crippen LogP contribution is 2.33. The highest BCUT2D eigenvalue weighted by molar-refractivity contribution is 6.31. The Balaban J connectivity index is 1.24. The number of likely N-dealkylation sites (tertiary alicyclic amines) is 1. The first-order valence-electron chi connectivity index (χ1n) is 11.2. The van der Waals surface area contributed by atoms with Crippen LogP contribution in [0, 0.1) is 0 Å². The number of methoxy groups -OCH3 is 1. The highest BCUT2D eigenvalue weighted by Gasteiger charge is 2.25. The second-order valence-corrected chi connectivity index (χ2v) is 8.61. The van der Waals surface area contributed by atoms with Crippen LogP contribution in [0.3, 0.4) is 0 Å². The molecule has 1 saturated heterocycles. The minimum absolute atomic E-state index is 0.0978. The quantitative estimate of drug-likeness (QED) is 0.302. The molecule has 0 saturated carbocycles. The molecule has 0 spiro atoms. The number of hydrogen-bond donors (Lipinski definition) is 0. The van der Waals surface area contributed by atoms with Crippen LogP contribution >= 0.6 is 11.6 Å². The van der Waals surface area contributed by atoms with Gasteiger partial charge in [-0.1, -0.05) is 23.7 Å². The molecular formula is C25H29ClN2O4. The van der Waals surface area contributed by atoms with E-state index in [9.17, 15) is 4.79 Å². The molecule has 0 atom stereocenters. The standard InChI is InChI=1S/C25H29ClN2O4/c1-3-21(29)18-5-8-22(24(15-18)30-2)31-14-4-11-28-12-9-17(10-13-28)25-20-7-6-19(26)16-23(20)32-27-25/h5-8,15-17H,3-4,9-14H2,1-2H3. The van der Waals surface area contributed by atoms with E-state index in [0.29, 0.717) is 41.0 Å². The number of Topliss-reactive ketones (excluding diaryl/α,β-unsaturated/α-hetero) is 1. The first-order valence-corrected chi connectivity index (χ1v) is 11.6. The Labute approximate surface area is 193 Å². The number of ether oxygens (including phenoxy) is 2. The SMILES string of the molecule is CCC(=O)c1ccc(OCCCN2CCC(c3noc4cc(Cl)ccc34)CC2)c(OC)c1. The van der Waals surface area contributed by atoms with Crippen molar-refractivity contribution in [2.75, 3.05) is 33.4 Å². The number of aromatic nitrogens is 1. The van der Waals surface area contributed by atoms with Gasteiger partial charge in [-0.2, -0.15) is 0 Å². The Kier molecular flexibility index (Phi) is 7.33. The smallest absolute Gasteiger partial charge is 0.168 e. The number of halogens is 1. The van der Waals surface area contributed by atoms with Crippen molar-refractivity contribution in [2.24, 2.45) is 0 Å². The summed E-state index contributed by atoms with van der Waals surface area (Å²) in [5.74, 6) is 1.79. The van der Waals surface area contributed by atoms with Gasteiger partial charge >= 0.3 is 0 Å². The third-order valence-corrected chi connectivity index (χ3v) is 6.35. The summed E-state index contributed by atoms with van der Waals surface area (Å²) in [7, 11) is 1.60. The van der Waals surface area contributed by atoms with Crippen molar-refractivity contribution in [2.45, 2.75) is 38.5 Å². The van der Waals surface area contributed by atoms with E-state index < -0.39 is 0 Å². The monoisotopic (exact) mass is 456 g/mol. The molecule has 0 radical (unpaired) electrons. The lowest BCUT2D eigenvalue weighted by molar-refractivity contribution is 0.0987. The Morgan fingerprint density at radius 3 is 2.75 bits per heavy atom. The molecule has 0 unspecified atom stereocenters. The number of benzene rings is 2. The topological polar surface area (TPSA) is 64.8 Å². The molecule has 4 rings (SSSR count). The van der Waals surface area contributed by atoms with Crippen LogP contribution in [-0.2, 0) is 0 Å². The zero-order chi connectivity index (χ0) is 22.5. The number of carbonyl (C=O) groups excluding carboxylic acids is 1. The van der Waals surface area contributed by atoms with Crippen molar-refractivity contribution in [3.05, 3.63) is 52.7 Å². The van der Waals surface area contributed by atoms with Crippen LogP contribution < -0.4 is 9.47 Å². The van der Waals surface area contributed by atoms with Gasteiger partial charge in [0.2, 0.25) is 0 Å². The van der Waals surface area contributed by atoms with Gasteiger partial charge in [0.05, 0.1) is 19.4 Å². The molecular weight excluding hydrogens is 428 g/mol. The summed E-state index contributed by atoms with van der Waals surface area (Å²) in [6, 6.07) is 11.1. The maximum atomic E-state index is 11.9. The van der Waals surface area contributed by atoms with Crippen molar-refractivity contribution >= 4 is 28.4 Å². The van der Waals surface area contributed by atoms with Crippen LogP contribution in [0.5, 0.6) is 11.5 Å². The number of nitrogens with zero attached hydrogens (tertiary/aromatic N) is 2. The molecule has 1 aliphatic rings. The van der Waals surface area contributed by atoms with Crippen LogP contribution in [0.15, 0.2) is 40.9 Å². The molecule has 6 nitrogen and oxygen atoms in total. The van der Waals surface area contributed by atoms with Crippen LogP contribution in [0.1, 0.15) is 54.6 Å². The number of ketones is 1. The minimum Gasteiger partial charge on any atom is -0.493 e. The molecule has 2 aromatic carbocycles. The fourth-order valence-electron chi connectivity index (χ4n) is 4.29. The van der Waals surface area contributed by atoms with Gasteiger partial charge in [0.25, 0.3) is 0 Å². The Hall–Kier alpha value is -2.57. The molecule has 1 aromatic heterocycles. The highest BCUT2D eigenvalue weighted by atomic mass is 35.5. The van der Waals surface area contributed by atoms with Crippen LogP contribution in [0.4, 0.5) is 0 Å². The van der Waals surface area contributed by atoms with Crippen molar-refractivity contribution in [3.63, 3.8) is 0 Å². The third-order valence-electron chi connectivity index (χ3n) is 6.12. The summed E-state index contributed by atoms with van der Waals surface area (Å²) < 4.78 is 16.8. The van der Waals surface area contributed by atoms with Gasteiger partial charge in [-0.15, -0.1) is 0 Å². The third kappa shape index (κ3) is 5.08. The Morgan fingerprint density at radius 2 is 2.00 bits per heavy atom. The number of piperidine rings is 1. The van der Waals surface area contributed by atoms with Crippen molar-refractivity contribution in [1.82, 2.24) is 10.1 Å². The molecule has 0 amide bonds. The molecule has 0 aliphatic carbocycles. The fraction of sp³-hybridized carbons (Fsp3) is 0.440. The maximum Gasteiger partial charge on any atom is 0.168 e. The average molecular weight is 457 g/mol. The van der Waals surface area contributed by atoms with E-state index in [2.05, 4.69) is 10.1 Å². The largest absolute Gasteiger partial charge is 0.493 e. The number of rotatable bonds is 9. The Bertz CT molecular complexity index is 1070. The van der Waals surface area contributed by atoms with Crippen LogP contribution in [0.2, 0.25) is 5.02 Å². The lowest BCUT2D eigenvalue weighted by atomic mass is 9.91. The molecule has 1 aliphatic heterocycles. The molecule has 3 aromatic rings. The van der Waals surface area contributed by atoms with Crippen molar-refractivity contribution in [1.29, 1.82) is 0 Å². The molecule has 170 valence electrons. The van der Waals surface area contributed by atoms with E-state index in [1.54, 1.807) is 19.2 Å². The van der Waals surface area contributed by atoms with Crippen LogP contribution in [0.25, 0.3) is 11.0 Å². The fourth-order valence-corrected chi connectivity index (χ4v) is 4.45. The predicted molar refractivity (Wildman–Crippen MR) is 125 cm³/mol. The van der Waals surface area contributed by atoms with E-state index in [4.69, 9.17) is 25.6 Å². The van der Waals surface area contributed by atoms with Gasteiger partial charge in [0.1, 0.15) is 0 Å². The molecule has 0 N–H and O–H groups in total. The van der Waals surface area contributed by atoms with Crippen LogP contribution in [-0.4, -0.2) is 49.2 Å². The first-order chi connectivity index (χ1) is 15.6. The summed E-state index contributed by atoms with van der Waals surface area (Å²) in [5.41, 5.74) is 2.47. The first kappa shape index (κ1) is 22.6. The minimum atomic E-state index is 0.0978. The number of fused-ring (bicyclic) bond motifs is 1. The Morgan fingerprint density at radius 1 is 1.19 bits per heavy atom. The number of hydrogen-bond acceptors (Lipinski definition) is 6. The summed E-state index contributed by atoms with van der Waals surface area (Å²) in [6.07, 6.45) is 3.52. The van der Waals surface area contributed by atoms with Gasteiger partial charge in [-0.25, -0.2) is 0 Å². The normalized spacial score (nSPS) is 15.2. The second-order valence-electron chi connectivity index (χ2n) is 8.17. The molecule has 32 heavy (non-hydrogen) atoms. The van der Waals surface area contributed by atoms with E-state index in [1.807, 2.05) is 31.2 Å². The lowest BCUT2D eigenvalue weighted by Gasteiger charge is -2.31. The molecule has 1 fully saturated rings. The second kappa shape index (κ2) is 10.4. The van der Waals surface area contributed by atoms with E-state index in [0.717, 1.165) is 55.6 Å². The average Bonchev–Trinajstić information content (AvgIpc) is 3.24. The number of carbonyl (C=O) groups is 1. The van der Waals surface area contributed by atoms with E-state index in [1.165, 1.54) is 0 Å². The van der Waals surface area contributed by atoms with Gasteiger partial charge in [-0.05, 0) is 62.7 Å². The maximum absolute atomic E-state index is 11.9. The zero-order valence-corrected chi connectivity index (χ0v) is 19.4. The zero-order valence-electron chi connectivity index (χ0n) is 18.6. The molecule has 7 heteroatoms. The molecule has 2 heterocycles. The summed E-state index contributed by atoms with van der Waals surface area (Å²) in [5, 5.41) is 6.07. The van der Waals surface area contributed by atoms with Crippen molar-refractivity contribution < 1.29 is 18.8 Å². The van der Waals surface area contributed by atoms with E-state index >= 15 is 0 Å². The summed E-state index contributed by atoms with van der Waals surface area (Å²) >= 11 is 6.05. The summed E-state index contributed by atoms with van der Waals surface area (Å²) in [4.78, 5) is 14.4. The van der Waals surface area contributed by atoms with E-state index in [-0.39, 0.29) is 5.78 Å². The summed E-state index contributed by atoms with van der Waals surface area (Å²) in [6.45, 7) is 5.50. The van der Waals surface area contributed by atoms with Crippen molar-refractivity contribution in [3.8, 4) is 11.5 Å². The molecule has 0 bridgehead atoms. The lowest BCUT2D eigenvalue weighted by Crippen LogP contribution is -2.34.